The maximum absolute atomic E-state index is 10.1. The molecule has 9 nitrogen and oxygen atoms in total. The summed E-state index contributed by atoms with van der Waals surface area (Å²) in [5.41, 5.74) is 6.37. The molecule has 0 amide bonds. The standard InChI is InChI=1S/C12H16ClN5O4/c1-4-7(20)5(3-19)22-10(4)18-8-6(15-11(18)13)9(21-2)17-12(14)16-8/h4-5,7,10,19-20H,3H2,1-2H3,(H2,14,16,17). The number of fused-ring (bicyclic) bond motifs is 1. The van der Waals surface area contributed by atoms with Crippen molar-refractivity contribution in [3.8, 4) is 5.88 Å². The Bertz CT molecular complexity index is 708. The second-order valence-electron chi connectivity index (χ2n) is 5.11. The highest BCUT2D eigenvalue weighted by Crippen LogP contribution is 2.39. The Morgan fingerprint density at radius 2 is 2.14 bits per heavy atom. The monoisotopic (exact) mass is 329 g/mol. The number of imidazole rings is 1. The molecule has 2 aromatic rings. The van der Waals surface area contributed by atoms with Crippen molar-refractivity contribution in [3.05, 3.63) is 5.28 Å². The van der Waals surface area contributed by atoms with Crippen molar-refractivity contribution in [1.82, 2.24) is 19.5 Å². The number of aliphatic hydroxyl groups is 2. The third-order valence-electron chi connectivity index (χ3n) is 3.79. The number of nitrogens with zero attached hydrogens (tertiary/aromatic N) is 4. The molecule has 0 bridgehead atoms. The summed E-state index contributed by atoms with van der Waals surface area (Å²) in [6, 6.07) is 0. The number of rotatable bonds is 3. The first kappa shape index (κ1) is 15.2. The van der Waals surface area contributed by atoms with Gasteiger partial charge in [0.05, 0.1) is 19.8 Å². The van der Waals surface area contributed by atoms with E-state index in [-0.39, 0.29) is 29.6 Å². The molecule has 1 aliphatic rings. The van der Waals surface area contributed by atoms with E-state index in [1.54, 1.807) is 6.92 Å². The summed E-state index contributed by atoms with van der Waals surface area (Å²) in [6.07, 6.45) is -2.16. The zero-order valence-electron chi connectivity index (χ0n) is 12.0. The smallest absolute Gasteiger partial charge is 0.247 e. The van der Waals surface area contributed by atoms with E-state index in [4.69, 9.17) is 26.8 Å². The van der Waals surface area contributed by atoms with Crippen LogP contribution in [-0.2, 0) is 4.74 Å². The predicted octanol–water partition coefficient (Wildman–Crippen LogP) is -0.0428. The van der Waals surface area contributed by atoms with Crippen LogP contribution in [0, 0.1) is 5.92 Å². The van der Waals surface area contributed by atoms with Crippen LogP contribution in [0.5, 0.6) is 5.88 Å². The van der Waals surface area contributed by atoms with Crippen LogP contribution in [0.15, 0.2) is 0 Å². The van der Waals surface area contributed by atoms with Gasteiger partial charge in [0, 0.05) is 5.92 Å². The van der Waals surface area contributed by atoms with Crippen LogP contribution < -0.4 is 10.5 Å². The molecule has 0 aliphatic carbocycles. The Balaban J connectivity index is 2.15. The molecule has 3 heterocycles. The summed E-state index contributed by atoms with van der Waals surface area (Å²) in [5.74, 6) is -0.116. The van der Waals surface area contributed by atoms with Gasteiger partial charge in [0.1, 0.15) is 12.3 Å². The molecule has 0 radical (unpaired) electrons. The van der Waals surface area contributed by atoms with Gasteiger partial charge in [-0.2, -0.15) is 9.97 Å². The number of hydrogen-bond acceptors (Lipinski definition) is 8. The average molecular weight is 330 g/mol. The van der Waals surface area contributed by atoms with Crippen LogP contribution in [0.1, 0.15) is 13.2 Å². The Hall–Kier alpha value is -1.68. The molecular weight excluding hydrogens is 314 g/mol. The molecule has 10 heteroatoms. The number of nitrogen functional groups attached to an aromatic ring is 1. The van der Waals surface area contributed by atoms with Crippen molar-refractivity contribution < 1.29 is 19.7 Å². The van der Waals surface area contributed by atoms with Gasteiger partial charge in [0.25, 0.3) is 0 Å². The van der Waals surface area contributed by atoms with Gasteiger partial charge >= 0.3 is 0 Å². The minimum Gasteiger partial charge on any atom is -0.479 e. The van der Waals surface area contributed by atoms with Crippen molar-refractivity contribution in [2.45, 2.75) is 25.4 Å². The third-order valence-corrected chi connectivity index (χ3v) is 4.06. The van der Waals surface area contributed by atoms with E-state index in [9.17, 15) is 10.2 Å². The van der Waals surface area contributed by atoms with Crippen molar-refractivity contribution in [2.75, 3.05) is 19.5 Å². The van der Waals surface area contributed by atoms with Gasteiger partial charge in [-0.1, -0.05) is 6.92 Å². The normalized spacial score (nSPS) is 28.4. The predicted molar refractivity (Wildman–Crippen MR) is 77.5 cm³/mol. The quantitative estimate of drug-likeness (QED) is 0.669. The van der Waals surface area contributed by atoms with Gasteiger partial charge in [-0.05, 0) is 11.6 Å². The summed E-state index contributed by atoms with van der Waals surface area (Å²) >= 11 is 6.20. The van der Waals surface area contributed by atoms with E-state index in [0.717, 1.165) is 0 Å². The van der Waals surface area contributed by atoms with Crippen LogP contribution in [0.3, 0.4) is 0 Å². The van der Waals surface area contributed by atoms with E-state index in [1.165, 1.54) is 11.7 Å². The zero-order chi connectivity index (χ0) is 16.0. The molecule has 4 atom stereocenters. The van der Waals surface area contributed by atoms with Gasteiger partial charge in [-0.25, -0.2) is 4.98 Å². The van der Waals surface area contributed by atoms with Crippen LogP contribution >= 0.6 is 11.6 Å². The molecule has 3 rings (SSSR count). The molecule has 120 valence electrons. The molecule has 4 unspecified atom stereocenters. The lowest BCUT2D eigenvalue weighted by Crippen LogP contribution is -2.28. The Kier molecular flexibility index (Phi) is 3.81. The molecule has 1 fully saturated rings. The first-order chi connectivity index (χ1) is 10.5. The van der Waals surface area contributed by atoms with E-state index in [1.807, 2.05) is 0 Å². The first-order valence-corrected chi connectivity index (χ1v) is 7.05. The molecule has 0 saturated carbocycles. The van der Waals surface area contributed by atoms with Crippen molar-refractivity contribution in [1.29, 1.82) is 0 Å². The molecule has 0 spiro atoms. The van der Waals surface area contributed by atoms with Crippen molar-refractivity contribution >= 4 is 28.7 Å². The van der Waals surface area contributed by atoms with Gasteiger partial charge in [-0.3, -0.25) is 4.57 Å². The number of ether oxygens (including phenoxy) is 2. The van der Waals surface area contributed by atoms with Crippen LogP contribution in [0.2, 0.25) is 5.28 Å². The first-order valence-electron chi connectivity index (χ1n) is 6.67. The second kappa shape index (κ2) is 5.51. The van der Waals surface area contributed by atoms with Crippen molar-refractivity contribution in [3.63, 3.8) is 0 Å². The molecule has 22 heavy (non-hydrogen) atoms. The Morgan fingerprint density at radius 3 is 2.73 bits per heavy atom. The second-order valence-corrected chi connectivity index (χ2v) is 5.45. The summed E-state index contributed by atoms with van der Waals surface area (Å²) < 4.78 is 12.3. The number of nitrogens with two attached hydrogens (primary N) is 1. The highest BCUT2D eigenvalue weighted by molar-refractivity contribution is 6.29. The minimum absolute atomic E-state index is 0.00655. The van der Waals surface area contributed by atoms with E-state index in [2.05, 4.69) is 15.0 Å². The zero-order valence-corrected chi connectivity index (χ0v) is 12.7. The lowest BCUT2D eigenvalue weighted by atomic mass is 10.0. The fourth-order valence-corrected chi connectivity index (χ4v) is 2.90. The van der Waals surface area contributed by atoms with Crippen LogP contribution in [-0.4, -0.2) is 55.7 Å². The Labute approximate surface area is 130 Å². The largest absolute Gasteiger partial charge is 0.479 e. The summed E-state index contributed by atoms with van der Waals surface area (Å²) in [6.45, 7) is 1.49. The summed E-state index contributed by atoms with van der Waals surface area (Å²) in [7, 11) is 1.44. The topological polar surface area (TPSA) is 129 Å². The fraction of sp³-hybridized carbons (Fsp3) is 0.583. The molecular formula is C12H16ClN5O4. The van der Waals surface area contributed by atoms with E-state index >= 15 is 0 Å². The molecule has 1 aliphatic heterocycles. The third kappa shape index (κ3) is 2.17. The van der Waals surface area contributed by atoms with E-state index < -0.39 is 18.4 Å². The van der Waals surface area contributed by atoms with Gasteiger partial charge in [0.15, 0.2) is 11.2 Å². The molecule has 4 N–H and O–H groups in total. The average Bonchev–Trinajstić information content (AvgIpc) is 2.96. The number of aromatic nitrogens is 4. The van der Waals surface area contributed by atoms with Crippen LogP contribution in [0.4, 0.5) is 5.95 Å². The van der Waals surface area contributed by atoms with Gasteiger partial charge in [0.2, 0.25) is 17.1 Å². The van der Waals surface area contributed by atoms with Crippen molar-refractivity contribution in [2.24, 2.45) is 5.92 Å². The number of methoxy groups -OCH3 is 1. The molecule has 2 aromatic heterocycles. The lowest BCUT2D eigenvalue weighted by molar-refractivity contribution is -0.0445. The van der Waals surface area contributed by atoms with E-state index in [0.29, 0.717) is 11.2 Å². The summed E-state index contributed by atoms with van der Waals surface area (Å²) in [5, 5.41) is 19.5. The van der Waals surface area contributed by atoms with Gasteiger partial charge < -0.3 is 25.4 Å². The van der Waals surface area contributed by atoms with Gasteiger partial charge in [-0.15, -0.1) is 0 Å². The maximum Gasteiger partial charge on any atom is 0.247 e. The summed E-state index contributed by atoms with van der Waals surface area (Å²) in [4.78, 5) is 12.3. The Morgan fingerprint density at radius 1 is 1.41 bits per heavy atom. The highest BCUT2D eigenvalue weighted by atomic mass is 35.5. The lowest BCUT2D eigenvalue weighted by Gasteiger charge is -2.18. The van der Waals surface area contributed by atoms with Crippen LogP contribution in [0.25, 0.3) is 11.2 Å². The molecule has 0 aromatic carbocycles. The minimum atomic E-state index is -0.829. The SMILES string of the molecule is COc1nc(N)nc2c1nc(Cl)n2C1OC(CO)C(O)C1C. The maximum atomic E-state index is 10.1. The number of aliphatic hydroxyl groups excluding tert-OH is 2. The molecule has 1 saturated heterocycles. The number of hydrogen-bond donors (Lipinski definition) is 3. The number of halogens is 1. The number of anilines is 1. The highest BCUT2D eigenvalue weighted by Gasteiger charge is 2.43. The fourth-order valence-electron chi connectivity index (χ4n) is 2.64.